The van der Waals surface area contributed by atoms with Crippen LogP contribution in [0.4, 0.5) is 51.2 Å². The molecule has 7 heteroatoms. The third-order valence-corrected chi connectivity index (χ3v) is 11.6. The van der Waals surface area contributed by atoms with E-state index in [-0.39, 0.29) is 6.71 Å². The summed E-state index contributed by atoms with van der Waals surface area (Å²) in [5.41, 5.74) is 15.0. The summed E-state index contributed by atoms with van der Waals surface area (Å²) in [6.07, 6.45) is 3.57. The molecule has 53 heavy (non-hydrogen) atoms. The molecule has 4 heterocycles. The standard InChI is InChI=1S/C46H30BN5S/c1-4-15-31(16-5-1)50(40-26-14-21-35-44-46(53-45(35)40)49-28-27-48-44)34-29-41-43-42(30-34)52(33-19-8-3-9-20-33)39-25-13-11-23-37(39)47(43)36-22-10-12-24-38(36)51(41)32-17-6-2-7-18-32/h1-30H. The lowest BCUT2D eigenvalue weighted by Crippen LogP contribution is -2.61. The highest BCUT2D eigenvalue weighted by molar-refractivity contribution is 7.26. The summed E-state index contributed by atoms with van der Waals surface area (Å²) in [4.78, 5) is 17.8. The van der Waals surface area contributed by atoms with Gasteiger partial charge in [-0.05, 0) is 83.1 Å². The first-order chi connectivity index (χ1) is 26.3. The summed E-state index contributed by atoms with van der Waals surface area (Å²) >= 11 is 1.70. The van der Waals surface area contributed by atoms with Crippen LogP contribution in [0.25, 0.3) is 20.4 Å². The van der Waals surface area contributed by atoms with Gasteiger partial charge in [-0.2, -0.15) is 0 Å². The Kier molecular flexibility index (Phi) is 6.75. The minimum atomic E-state index is 0.0507. The highest BCUT2D eigenvalue weighted by Crippen LogP contribution is 2.49. The Bertz CT molecular complexity index is 2710. The lowest BCUT2D eigenvalue weighted by molar-refractivity contribution is 1.23. The average Bonchev–Trinajstić information content (AvgIpc) is 3.61. The van der Waals surface area contributed by atoms with Gasteiger partial charge in [0.2, 0.25) is 0 Å². The van der Waals surface area contributed by atoms with Gasteiger partial charge in [0, 0.05) is 57.6 Å². The fourth-order valence-electron chi connectivity index (χ4n) is 8.40. The predicted molar refractivity (Wildman–Crippen MR) is 224 cm³/mol. The van der Waals surface area contributed by atoms with Gasteiger partial charge in [0.15, 0.2) is 0 Å². The molecule has 0 aliphatic carbocycles. The Balaban J connectivity index is 1.27. The summed E-state index contributed by atoms with van der Waals surface area (Å²) < 4.78 is 1.15. The zero-order chi connectivity index (χ0) is 34.9. The van der Waals surface area contributed by atoms with E-state index >= 15 is 0 Å². The number of aromatic nitrogens is 2. The van der Waals surface area contributed by atoms with E-state index in [1.807, 2.05) is 0 Å². The number of rotatable bonds is 5. The van der Waals surface area contributed by atoms with Crippen LogP contribution < -0.4 is 31.1 Å². The minimum Gasteiger partial charge on any atom is -0.311 e. The van der Waals surface area contributed by atoms with Crippen molar-refractivity contribution in [2.75, 3.05) is 14.7 Å². The van der Waals surface area contributed by atoms with Crippen molar-refractivity contribution in [3.8, 4) is 0 Å². The molecule has 0 fully saturated rings. The molecule has 0 saturated carbocycles. The van der Waals surface area contributed by atoms with Crippen LogP contribution in [0.15, 0.2) is 182 Å². The summed E-state index contributed by atoms with van der Waals surface area (Å²) in [6, 6.07) is 61.5. The molecule has 0 N–H and O–H groups in total. The van der Waals surface area contributed by atoms with Gasteiger partial charge >= 0.3 is 0 Å². The molecule has 9 aromatic rings. The second-order valence-corrected chi connectivity index (χ2v) is 14.4. The molecule has 0 amide bonds. The largest absolute Gasteiger partial charge is 0.311 e. The van der Waals surface area contributed by atoms with Crippen LogP contribution in [-0.2, 0) is 0 Å². The molecule has 248 valence electrons. The van der Waals surface area contributed by atoms with Gasteiger partial charge in [0.25, 0.3) is 6.71 Å². The molecule has 5 nitrogen and oxygen atoms in total. The van der Waals surface area contributed by atoms with E-state index in [2.05, 4.69) is 185 Å². The van der Waals surface area contributed by atoms with Gasteiger partial charge in [0.05, 0.1) is 16.1 Å². The van der Waals surface area contributed by atoms with E-state index in [1.165, 1.54) is 27.8 Å². The predicted octanol–water partition coefficient (Wildman–Crippen LogP) is 10.4. The molecule has 7 aromatic carbocycles. The topological polar surface area (TPSA) is 35.5 Å². The van der Waals surface area contributed by atoms with Gasteiger partial charge < -0.3 is 14.7 Å². The number of nitrogens with zero attached hydrogens (tertiary/aromatic N) is 5. The third kappa shape index (κ3) is 4.57. The van der Waals surface area contributed by atoms with E-state index in [0.29, 0.717) is 0 Å². The summed E-state index contributed by atoms with van der Waals surface area (Å²) in [6.45, 7) is 0.0507. The quantitative estimate of drug-likeness (QED) is 0.168. The van der Waals surface area contributed by atoms with Crippen molar-refractivity contribution in [3.05, 3.63) is 182 Å². The van der Waals surface area contributed by atoms with Crippen LogP contribution in [0.3, 0.4) is 0 Å². The third-order valence-electron chi connectivity index (χ3n) is 10.5. The van der Waals surface area contributed by atoms with Crippen LogP contribution in [0.5, 0.6) is 0 Å². The Morgan fingerprint density at radius 3 is 1.66 bits per heavy atom. The summed E-state index contributed by atoms with van der Waals surface area (Å²) in [5.74, 6) is 0. The molecule has 0 atom stereocenters. The fourth-order valence-corrected chi connectivity index (χ4v) is 9.51. The number of anilines is 9. The monoisotopic (exact) mass is 695 g/mol. The maximum absolute atomic E-state index is 4.76. The molecular formula is C46H30BN5S. The van der Waals surface area contributed by atoms with E-state index < -0.39 is 0 Å². The van der Waals surface area contributed by atoms with Crippen LogP contribution in [0.2, 0.25) is 0 Å². The summed E-state index contributed by atoms with van der Waals surface area (Å²) in [5, 5.41) is 1.11. The molecule has 0 bridgehead atoms. The minimum absolute atomic E-state index is 0.0507. The van der Waals surface area contributed by atoms with Crippen molar-refractivity contribution in [3.63, 3.8) is 0 Å². The number of hydrogen-bond donors (Lipinski definition) is 0. The molecular weight excluding hydrogens is 665 g/mol. The smallest absolute Gasteiger partial charge is 0.252 e. The number of para-hydroxylation sites is 5. The molecule has 0 saturated heterocycles. The zero-order valence-electron chi connectivity index (χ0n) is 28.5. The average molecular weight is 696 g/mol. The van der Waals surface area contributed by atoms with Gasteiger partial charge in [-0.1, -0.05) is 103 Å². The van der Waals surface area contributed by atoms with Gasteiger partial charge in [-0.3, -0.25) is 4.98 Å². The van der Waals surface area contributed by atoms with Gasteiger partial charge in [-0.25, -0.2) is 4.98 Å². The van der Waals surface area contributed by atoms with E-state index in [0.717, 1.165) is 60.2 Å². The van der Waals surface area contributed by atoms with E-state index in [9.17, 15) is 0 Å². The van der Waals surface area contributed by atoms with E-state index in [4.69, 9.17) is 9.97 Å². The second-order valence-electron chi connectivity index (χ2n) is 13.4. The Labute approximate surface area is 311 Å². The van der Waals surface area contributed by atoms with Crippen molar-refractivity contribution in [2.24, 2.45) is 0 Å². The second kappa shape index (κ2) is 11.9. The van der Waals surface area contributed by atoms with Crippen molar-refractivity contribution >= 4 is 106 Å². The van der Waals surface area contributed by atoms with Crippen LogP contribution in [0, 0.1) is 0 Å². The SMILES string of the molecule is c1ccc(N2c3ccccc3B3c4ccccc4N(c4ccccc4)c4cc(N(c5ccccc5)c5cccc6c5sc5nccnc56)cc2c43)cc1. The molecule has 2 aliphatic rings. The maximum Gasteiger partial charge on any atom is 0.252 e. The first-order valence-electron chi connectivity index (χ1n) is 17.9. The van der Waals surface area contributed by atoms with Crippen molar-refractivity contribution in [2.45, 2.75) is 0 Å². The number of benzene rings is 7. The maximum atomic E-state index is 4.76. The van der Waals surface area contributed by atoms with E-state index in [1.54, 1.807) is 23.7 Å². The van der Waals surface area contributed by atoms with Crippen LogP contribution in [-0.4, -0.2) is 16.7 Å². The molecule has 2 aromatic heterocycles. The Hall–Kier alpha value is -6.70. The van der Waals surface area contributed by atoms with Crippen LogP contribution >= 0.6 is 11.3 Å². The van der Waals surface area contributed by atoms with Crippen molar-refractivity contribution < 1.29 is 0 Å². The van der Waals surface area contributed by atoms with Crippen molar-refractivity contribution in [1.29, 1.82) is 0 Å². The van der Waals surface area contributed by atoms with Crippen LogP contribution in [0.1, 0.15) is 0 Å². The first kappa shape index (κ1) is 30.0. The normalized spacial score (nSPS) is 12.8. The number of hydrogen-bond acceptors (Lipinski definition) is 6. The number of fused-ring (bicyclic) bond motifs is 7. The summed E-state index contributed by atoms with van der Waals surface area (Å²) in [7, 11) is 0. The van der Waals surface area contributed by atoms with Gasteiger partial charge in [-0.15, -0.1) is 11.3 Å². The first-order valence-corrected chi connectivity index (χ1v) is 18.7. The lowest BCUT2D eigenvalue weighted by Gasteiger charge is -2.45. The molecule has 0 unspecified atom stereocenters. The molecule has 0 radical (unpaired) electrons. The highest BCUT2D eigenvalue weighted by Gasteiger charge is 2.43. The lowest BCUT2D eigenvalue weighted by atomic mass is 9.33. The highest BCUT2D eigenvalue weighted by atomic mass is 32.1. The zero-order valence-corrected chi connectivity index (χ0v) is 29.4. The molecule has 2 aliphatic heterocycles. The molecule has 0 spiro atoms. The number of thiophene rings is 1. The fraction of sp³-hybridized carbons (Fsp3) is 0. The Morgan fingerprint density at radius 1 is 0.491 bits per heavy atom. The van der Waals surface area contributed by atoms with Gasteiger partial charge in [0.1, 0.15) is 10.3 Å². The Morgan fingerprint density at radius 2 is 1.04 bits per heavy atom. The molecule has 11 rings (SSSR count). The van der Waals surface area contributed by atoms with Crippen molar-refractivity contribution in [1.82, 2.24) is 9.97 Å².